The summed E-state index contributed by atoms with van der Waals surface area (Å²) in [6.45, 7) is 1.06. The van der Waals surface area contributed by atoms with Crippen molar-refractivity contribution in [2.45, 2.75) is 18.4 Å². The molecule has 2 rings (SSSR count). The highest BCUT2D eigenvalue weighted by atomic mass is 35.5. The number of carbonyl (C=O) groups is 1. The van der Waals surface area contributed by atoms with Gasteiger partial charge in [0.2, 0.25) is 0 Å². The Bertz CT molecular complexity index is 454. The Kier molecular flexibility index (Phi) is 4.28. The molecule has 0 aromatic heterocycles. The number of Topliss-reactive ketones (excluding diaryl/α,β-unsaturated/α-hetero) is 1. The Morgan fingerprint density at radius 3 is 2.50 bits per heavy atom. The molecule has 5 heteroatoms. The summed E-state index contributed by atoms with van der Waals surface area (Å²) in [5, 5.41) is 0.812. The van der Waals surface area contributed by atoms with E-state index in [0.717, 1.165) is 0 Å². The topological polar surface area (TPSA) is 35.5 Å². The van der Waals surface area contributed by atoms with Gasteiger partial charge in [-0.15, -0.1) is 0 Å². The number of hydrogen-bond acceptors (Lipinski definition) is 3. The van der Waals surface area contributed by atoms with E-state index in [1.165, 1.54) is 0 Å². The summed E-state index contributed by atoms with van der Waals surface area (Å²) in [5.74, 6) is -0.0631. The molecule has 1 aliphatic heterocycles. The van der Waals surface area contributed by atoms with Crippen molar-refractivity contribution in [3.05, 3.63) is 33.8 Å². The van der Waals surface area contributed by atoms with Crippen molar-refractivity contribution in [1.29, 1.82) is 0 Å². The highest BCUT2D eigenvalue weighted by Crippen LogP contribution is 2.31. The van der Waals surface area contributed by atoms with Gasteiger partial charge in [0.1, 0.15) is 5.60 Å². The summed E-state index contributed by atoms with van der Waals surface area (Å²) < 4.78 is 10.7. The molecule has 0 radical (unpaired) electrons. The highest BCUT2D eigenvalue weighted by Gasteiger charge is 2.40. The van der Waals surface area contributed by atoms with Crippen LogP contribution in [0, 0.1) is 0 Å². The first kappa shape index (κ1) is 13.8. The lowest BCUT2D eigenvalue weighted by Gasteiger charge is -2.34. The van der Waals surface area contributed by atoms with Crippen LogP contribution in [0.25, 0.3) is 0 Å². The van der Waals surface area contributed by atoms with E-state index < -0.39 is 5.60 Å². The maximum Gasteiger partial charge on any atom is 0.194 e. The maximum absolute atomic E-state index is 12.5. The molecule has 0 aliphatic carbocycles. The average molecular weight is 289 g/mol. The van der Waals surface area contributed by atoms with E-state index in [0.29, 0.717) is 41.7 Å². The molecule has 1 heterocycles. The van der Waals surface area contributed by atoms with Crippen LogP contribution in [-0.2, 0) is 9.47 Å². The van der Waals surface area contributed by atoms with Crippen LogP contribution >= 0.6 is 23.2 Å². The van der Waals surface area contributed by atoms with Crippen LogP contribution in [0.5, 0.6) is 0 Å². The van der Waals surface area contributed by atoms with Gasteiger partial charge in [0.05, 0.1) is 10.0 Å². The van der Waals surface area contributed by atoms with Crippen molar-refractivity contribution in [3.8, 4) is 0 Å². The molecule has 1 saturated heterocycles. The van der Waals surface area contributed by atoms with Crippen molar-refractivity contribution >= 4 is 29.0 Å². The fraction of sp³-hybridized carbons (Fsp3) is 0.462. The fourth-order valence-electron chi connectivity index (χ4n) is 2.13. The summed E-state index contributed by atoms with van der Waals surface area (Å²) in [6.07, 6.45) is 1.12. The van der Waals surface area contributed by atoms with Crippen LogP contribution in [-0.4, -0.2) is 31.7 Å². The Morgan fingerprint density at radius 2 is 1.94 bits per heavy atom. The van der Waals surface area contributed by atoms with Crippen LogP contribution in [0.2, 0.25) is 10.0 Å². The fourth-order valence-corrected chi connectivity index (χ4v) is 2.42. The second-order valence-corrected chi connectivity index (χ2v) is 5.08. The lowest BCUT2D eigenvalue weighted by Crippen LogP contribution is -2.45. The molecule has 3 nitrogen and oxygen atoms in total. The number of methoxy groups -OCH3 is 1. The molecule has 98 valence electrons. The minimum atomic E-state index is -0.796. The number of ketones is 1. The largest absolute Gasteiger partial charge is 0.381 e. The molecule has 0 amide bonds. The SMILES string of the molecule is COC1(C(=O)c2ccc(Cl)c(Cl)c2)CCOCC1. The zero-order valence-electron chi connectivity index (χ0n) is 10.0. The number of rotatable bonds is 3. The molecule has 0 saturated carbocycles. The van der Waals surface area contributed by atoms with Gasteiger partial charge in [0, 0.05) is 38.7 Å². The van der Waals surface area contributed by atoms with E-state index in [2.05, 4.69) is 0 Å². The van der Waals surface area contributed by atoms with Gasteiger partial charge >= 0.3 is 0 Å². The third-order valence-corrected chi connectivity index (χ3v) is 4.03. The number of benzene rings is 1. The highest BCUT2D eigenvalue weighted by molar-refractivity contribution is 6.42. The summed E-state index contributed by atoms with van der Waals surface area (Å²) in [6, 6.07) is 4.88. The number of hydrogen-bond donors (Lipinski definition) is 0. The van der Waals surface area contributed by atoms with Crippen molar-refractivity contribution < 1.29 is 14.3 Å². The van der Waals surface area contributed by atoms with Crippen LogP contribution in [0.15, 0.2) is 18.2 Å². The molecule has 18 heavy (non-hydrogen) atoms. The first-order valence-electron chi connectivity index (χ1n) is 5.72. The lowest BCUT2D eigenvalue weighted by molar-refractivity contribution is -0.0663. The molecule has 1 fully saturated rings. The average Bonchev–Trinajstić information content (AvgIpc) is 2.42. The summed E-state index contributed by atoms with van der Waals surface area (Å²) in [5.41, 5.74) is -0.275. The van der Waals surface area contributed by atoms with Crippen LogP contribution in [0.4, 0.5) is 0 Å². The molecule has 0 N–H and O–H groups in total. The third kappa shape index (κ3) is 2.54. The van der Waals surface area contributed by atoms with Gasteiger partial charge < -0.3 is 9.47 Å². The van der Waals surface area contributed by atoms with E-state index in [4.69, 9.17) is 32.7 Å². The quantitative estimate of drug-likeness (QED) is 0.800. The summed E-state index contributed by atoms with van der Waals surface area (Å²) >= 11 is 11.8. The molecular formula is C13H14Cl2O3. The van der Waals surface area contributed by atoms with Gasteiger partial charge in [-0.05, 0) is 18.2 Å². The smallest absolute Gasteiger partial charge is 0.194 e. The second-order valence-electron chi connectivity index (χ2n) is 4.27. The molecule has 0 atom stereocenters. The van der Waals surface area contributed by atoms with Crippen molar-refractivity contribution in [2.75, 3.05) is 20.3 Å². The maximum atomic E-state index is 12.5. The molecule has 1 aromatic carbocycles. The Labute approximate surface area is 116 Å². The first-order valence-corrected chi connectivity index (χ1v) is 6.47. The minimum absolute atomic E-state index is 0.0631. The number of carbonyl (C=O) groups excluding carboxylic acids is 1. The lowest BCUT2D eigenvalue weighted by atomic mass is 9.86. The Balaban J connectivity index is 2.30. The normalized spacial score (nSPS) is 18.6. The minimum Gasteiger partial charge on any atom is -0.381 e. The standard InChI is InChI=1S/C13H14Cl2O3/c1-17-13(4-6-18-7-5-13)12(16)9-2-3-10(14)11(15)8-9/h2-3,8H,4-7H2,1H3. The van der Waals surface area contributed by atoms with Gasteiger partial charge in [0.15, 0.2) is 5.78 Å². The van der Waals surface area contributed by atoms with E-state index in [1.54, 1.807) is 25.3 Å². The molecule has 1 aliphatic rings. The van der Waals surface area contributed by atoms with Gasteiger partial charge in [0.25, 0.3) is 0 Å². The predicted molar refractivity (Wildman–Crippen MR) is 70.6 cm³/mol. The van der Waals surface area contributed by atoms with E-state index in [1.807, 2.05) is 0 Å². The van der Waals surface area contributed by atoms with Gasteiger partial charge in [-0.1, -0.05) is 23.2 Å². The van der Waals surface area contributed by atoms with Crippen molar-refractivity contribution in [2.24, 2.45) is 0 Å². The van der Waals surface area contributed by atoms with Gasteiger partial charge in [-0.3, -0.25) is 4.79 Å². The molecular weight excluding hydrogens is 275 g/mol. The second kappa shape index (κ2) is 5.57. The van der Waals surface area contributed by atoms with Crippen molar-refractivity contribution in [3.63, 3.8) is 0 Å². The molecule has 0 spiro atoms. The monoisotopic (exact) mass is 288 g/mol. The van der Waals surface area contributed by atoms with Gasteiger partial charge in [-0.25, -0.2) is 0 Å². The molecule has 1 aromatic rings. The Hall–Kier alpha value is -0.610. The van der Waals surface area contributed by atoms with Crippen LogP contribution in [0.1, 0.15) is 23.2 Å². The Morgan fingerprint density at radius 1 is 1.28 bits per heavy atom. The van der Waals surface area contributed by atoms with E-state index >= 15 is 0 Å². The summed E-state index contributed by atoms with van der Waals surface area (Å²) in [4.78, 5) is 12.5. The number of ether oxygens (including phenoxy) is 2. The van der Waals surface area contributed by atoms with E-state index in [-0.39, 0.29) is 5.78 Å². The van der Waals surface area contributed by atoms with Crippen LogP contribution in [0.3, 0.4) is 0 Å². The summed E-state index contributed by atoms with van der Waals surface area (Å²) in [7, 11) is 1.56. The molecule has 0 bridgehead atoms. The van der Waals surface area contributed by atoms with Crippen LogP contribution < -0.4 is 0 Å². The zero-order chi connectivity index (χ0) is 13.2. The van der Waals surface area contributed by atoms with E-state index in [9.17, 15) is 4.79 Å². The zero-order valence-corrected chi connectivity index (χ0v) is 11.6. The van der Waals surface area contributed by atoms with Crippen molar-refractivity contribution in [1.82, 2.24) is 0 Å². The third-order valence-electron chi connectivity index (χ3n) is 3.29. The number of halogens is 2. The first-order chi connectivity index (χ1) is 8.59. The van der Waals surface area contributed by atoms with Gasteiger partial charge in [-0.2, -0.15) is 0 Å². The predicted octanol–water partition coefficient (Wildman–Crippen LogP) is 3.37. The molecule has 0 unspecified atom stereocenters.